The fraction of sp³-hybridized carbons (Fsp3) is 0.771. The third-order valence-electron chi connectivity index (χ3n) is 11.8. The molecule has 7 rings (SSSR count). The Bertz CT molecular complexity index is 1350. The number of benzene rings is 1. The minimum absolute atomic E-state index is 0.0366. The topological polar surface area (TPSA) is 110 Å². The monoisotopic (exact) mass is 682 g/mol. The Morgan fingerprint density at radius 1 is 1.00 bits per heavy atom. The summed E-state index contributed by atoms with van der Waals surface area (Å²) < 4.78 is 72.1. The standard InChI is InChI=1S/C35H48F2O7S2/c1-22(2)15-23-3-5-27(6-4-23)31(38)32(45-13-11-43-12-14-45)28-9-7-26(8-10-28)30-29-17-24-16-25(18-29)20-34(30,19-24)21-44-33(39)35(36,37)46(40,41)42/h3-6,22,24-26,28-30,32H,7-21H2,1-2H3. The highest BCUT2D eigenvalue weighted by Gasteiger charge is 2.60. The zero-order valence-electron chi connectivity index (χ0n) is 27.0. The molecule has 0 radical (unpaired) electrons. The van der Waals surface area contributed by atoms with Crippen LogP contribution >= 0.6 is 0 Å². The highest BCUT2D eigenvalue weighted by Crippen LogP contribution is 2.66. The summed E-state index contributed by atoms with van der Waals surface area (Å²) in [4.78, 5) is 26.4. The molecule has 4 unspecified atom stereocenters. The third kappa shape index (κ3) is 6.81. The Kier molecular flexibility index (Phi) is 9.99. The minimum Gasteiger partial charge on any atom is -0.743 e. The maximum atomic E-state index is 14.2. The molecular weight excluding hydrogens is 635 g/mol. The van der Waals surface area contributed by atoms with Gasteiger partial charge in [0.25, 0.3) is 0 Å². The van der Waals surface area contributed by atoms with E-state index in [-0.39, 0.29) is 40.4 Å². The van der Waals surface area contributed by atoms with Gasteiger partial charge >= 0.3 is 11.2 Å². The van der Waals surface area contributed by atoms with Crippen molar-refractivity contribution in [1.29, 1.82) is 0 Å². The molecule has 6 fully saturated rings. The van der Waals surface area contributed by atoms with Gasteiger partial charge in [-0.25, -0.2) is 13.2 Å². The highest BCUT2D eigenvalue weighted by molar-refractivity contribution is 7.98. The van der Waals surface area contributed by atoms with Crippen LogP contribution < -0.4 is 0 Å². The van der Waals surface area contributed by atoms with Gasteiger partial charge in [-0.2, -0.15) is 8.78 Å². The van der Waals surface area contributed by atoms with Crippen LogP contribution in [-0.2, 0) is 41.7 Å². The number of carbonyl (C=O) groups is 2. The predicted octanol–water partition coefficient (Wildman–Crippen LogP) is 6.02. The average molecular weight is 683 g/mol. The van der Waals surface area contributed by atoms with Gasteiger partial charge in [0, 0.05) is 27.8 Å². The average Bonchev–Trinajstić information content (AvgIpc) is 3.00. The first kappa shape index (κ1) is 34.3. The highest BCUT2D eigenvalue weighted by atomic mass is 32.2. The van der Waals surface area contributed by atoms with Crippen LogP contribution in [0.25, 0.3) is 0 Å². The zero-order chi connectivity index (χ0) is 32.9. The number of Topliss-reactive ketones (excluding diaryl/α,β-unsaturated/α-hetero) is 1. The number of halogens is 2. The number of alkyl halides is 2. The van der Waals surface area contributed by atoms with E-state index in [0.29, 0.717) is 42.8 Å². The summed E-state index contributed by atoms with van der Waals surface area (Å²) in [6.45, 7) is 5.50. The molecule has 46 heavy (non-hydrogen) atoms. The van der Waals surface area contributed by atoms with E-state index < -0.39 is 26.8 Å². The number of rotatable bonds is 11. The quantitative estimate of drug-likeness (QED) is 0.122. The molecule has 0 spiro atoms. The van der Waals surface area contributed by atoms with Crippen LogP contribution in [0.1, 0.15) is 87.6 Å². The van der Waals surface area contributed by atoms with Crippen molar-refractivity contribution in [2.24, 2.45) is 46.8 Å². The van der Waals surface area contributed by atoms with E-state index in [0.717, 1.165) is 81.3 Å². The maximum Gasteiger partial charge on any atom is 0.428 e. The van der Waals surface area contributed by atoms with Gasteiger partial charge in [-0.05, 0) is 105 Å². The van der Waals surface area contributed by atoms with Crippen molar-refractivity contribution < 1.29 is 40.8 Å². The lowest BCUT2D eigenvalue weighted by molar-refractivity contribution is -0.188. The zero-order valence-corrected chi connectivity index (χ0v) is 28.6. The summed E-state index contributed by atoms with van der Waals surface area (Å²) in [6.07, 6.45) is 9.57. The number of esters is 1. The molecule has 1 heterocycles. The van der Waals surface area contributed by atoms with Crippen LogP contribution in [0.3, 0.4) is 0 Å². The summed E-state index contributed by atoms with van der Waals surface area (Å²) in [5, 5.41) is -5.13. The van der Waals surface area contributed by atoms with Crippen molar-refractivity contribution in [2.75, 3.05) is 31.3 Å². The predicted molar refractivity (Wildman–Crippen MR) is 172 cm³/mol. The Hall–Kier alpha value is -1.56. The normalized spacial score (nSPS) is 34.0. The fourth-order valence-electron chi connectivity index (χ4n) is 10.4. The van der Waals surface area contributed by atoms with E-state index in [1.54, 1.807) is 0 Å². The largest absolute Gasteiger partial charge is 0.743 e. The van der Waals surface area contributed by atoms with Crippen molar-refractivity contribution in [3.05, 3.63) is 35.4 Å². The molecule has 1 saturated heterocycles. The molecule has 4 bridgehead atoms. The van der Waals surface area contributed by atoms with Crippen LogP contribution in [-0.4, -0.2) is 66.6 Å². The Balaban J connectivity index is 1.18. The molecule has 1 aliphatic heterocycles. The second-order valence-electron chi connectivity index (χ2n) is 15.4. The van der Waals surface area contributed by atoms with Crippen molar-refractivity contribution in [3.8, 4) is 0 Å². The smallest absolute Gasteiger partial charge is 0.428 e. The first-order valence-corrected chi connectivity index (χ1v) is 20.2. The van der Waals surface area contributed by atoms with Crippen LogP contribution in [0.4, 0.5) is 8.78 Å². The van der Waals surface area contributed by atoms with Crippen molar-refractivity contribution >= 4 is 32.8 Å². The molecule has 256 valence electrons. The summed E-state index contributed by atoms with van der Waals surface area (Å²) >= 11 is 0. The Morgan fingerprint density at radius 2 is 1.61 bits per heavy atom. The van der Waals surface area contributed by atoms with Gasteiger partial charge in [-0.1, -0.05) is 38.1 Å². The van der Waals surface area contributed by atoms with Gasteiger partial charge in [-0.3, -0.25) is 4.79 Å². The molecule has 6 aliphatic rings. The Labute approximate surface area is 275 Å². The van der Waals surface area contributed by atoms with E-state index >= 15 is 0 Å². The Morgan fingerprint density at radius 3 is 2.17 bits per heavy atom. The molecule has 0 N–H and O–H groups in total. The van der Waals surface area contributed by atoms with Gasteiger partial charge < -0.3 is 14.0 Å². The van der Waals surface area contributed by atoms with E-state index in [1.807, 2.05) is 12.1 Å². The third-order valence-corrected chi connectivity index (χ3v) is 15.3. The minimum atomic E-state index is -6.16. The molecule has 4 atom stereocenters. The first-order chi connectivity index (χ1) is 21.8. The van der Waals surface area contributed by atoms with Gasteiger partial charge in [0.05, 0.1) is 19.8 Å². The van der Waals surface area contributed by atoms with Crippen LogP contribution in [0.2, 0.25) is 0 Å². The van der Waals surface area contributed by atoms with Gasteiger partial charge in [0.2, 0.25) is 5.78 Å². The van der Waals surface area contributed by atoms with Crippen molar-refractivity contribution in [2.45, 2.75) is 88.6 Å². The number of carbonyl (C=O) groups excluding carboxylic acids is 2. The van der Waals surface area contributed by atoms with Crippen LogP contribution in [0.5, 0.6) is 0 Å². The van der Waals surface area contributed by atoms with Crippen molar-refractivity contribution in [1.82, 2.24) is 0 Å². The van der Waals surface area contributed by atoms with Crippen molar-refractivity contribution in [3.63, 3.8) is 0 Å². The van der Waals surface area contributed by atoms with E-state index in [4.69, 9.17) is 9.47 Å². The first-order valence-electron chi connectivity index (χ1n) is 17.1. The lowest BCUT2D eigenvalue weighted by atomic mass is 9.42. The molecule has 1 aromatic carbocycles. The van der Waals surface area contributed by atoms with E-state index in [9.17, 15) is 31.3 Å². The SMILES string of the molecule is CC(C)Cc1ccc(C(=O)C(C2CCC(C3C4CC5CC(C4)CC3(COC(=O)C(F)(F)S(=O)(=O)[O-])C5)CC2)[S+]2CCOCC2)cc1. The fourth-order valence-corrected chi connectivity index (χ4v) is 13.3. The molecule has 1 aromatic rings. The molecule has 7 nitrogen and oxygen atoms in total. The summed E-state index contributed by atoms with van der Waals surface area (Å²) in [5.74, 6) is 2.49. The number of ether oxygens (including phenoxy) is 2. The van der Waals surface area contributed by atoms with E-state index in [1.165, 1.54) is 5.56 Å². The molecule has 5 saturated carbocycles. The summed E-state index contributed by atoms with van der Waals surface area (Å²) in [5.41, 5.74) is 1.56. The maximum absolute atomic E-state index is 14.2. The molecular formula is C35H48F2O7S2. The molecule has 5 aliphatic carbocycles. The second kappa shape index (κ2) is 13.4. The molecule has 0 amide bonds. The summed E-state index contributed by atoms with van der Waals surface area (Å²) in [7, 11) is -6.22. The molecule has 11 heteroatoms. The van der Waals surface area contributed by atoms with Crippen LogP contribution in [0, 0.1) is 46.8 Å². The lowest BCUT2D eigenvalue weighted by Gasteiger charge is -2.63. The van der Waals surface area contributed by atoms with Gasteiger partial charge in [0.15, 0.2) is 15.4 Å². The van der Waals surface area contributed by atoms with E-state index in [2.05, 4.69) is 26.0 Å². The van der Waals surface area contributed by atoms with Gasteiger partial charge in [-0.15, -0.1) is 0 Å². The number of hydrogen-bond donors (Lipinski definition) is 0. The van der Waals surface area contributed by atoms with Gasteiger partial charge in [0.1, 0.15) is 11.5 Å². The van der Waals surface area contributed by atoms with Crippen LogP contribution in [0.15, 0.2) is 24.3 Å². The summed E-state index contributed by atoms with van der Waals surface area (Å²) in [6, 6.07) is 8.19. The second-order valence-corrected chi connectivity index (χ2v) is 19.2. The number of ketones is 1. The molecule has 0 aromatic heterocycles. The lowest BCUT2D eigenvalue weighted by Crippen LogP contribution is -2.58. The number of hydrogen-bond acceptors (Lipinski definition) is 7.